The largest absolute Gasteiger partial charge is 0.478 e. The van der Waals surface area contributed by atoms with E-state index in [9.17, 15) is 20.1 Å². The van der Waals surface area contributed by atoms with E-state index >= 15 is 0 Å². The van der Waals surface area contributed by atoms with Gasteiger partial charge in [0.15, 0.2) is 5.96 Å². The second-order valence-electron chi connectivity index (χ2n) is 14.9. The Morgan fingerprint density at radius 1 is 1.21 bits per heavy atom. The van der Waals surface area contributed by atoms with Crippen LogP contribution >= 0.6 is 0 Å². The molecule has 7 N–H and O–H groups in total. The first-order chi connectivity index (χ1) is 22.6. The number of nitrogens with one attached hydrogen (secondary N) is 2. The molecule has 3 saturated carbocycles. The lowest BCUT2D eigenvalue weighted by molar-refractivity contribution is -0.149. The number of carbonyl (C=O) groups is 1. The fraction of sp³-hybridized carbons (Fsp3) is 0.676. The highest BCUT2D eigenvalue weighted by Crippen LogP contribution is 2.78. The Morgan fingerprint density at radius 3 is 2.70 bits per heavy atom. The molecule has 3 fully saturated rings. The van der Waals surface area contributed by atoms with Crippen molar-refractivity contribution < 1.29 is 24.9 Å². The molecule has 258 valence electrons. The van der Waals surface area contributed by atoms with Gasteiger partial charge < -0.3 is 41.3 Å². The molecule has 1 aromatic carbocycles. The topological polar surface area (TPSA) is 153 Å². The molecule has 6 rings (SSSR count). The second kappa shape index (κ2) is 13.6. The Bertz CT molecular complexity index is 1380. The molecule has 1 aromatic rings. The zero-order valence-electron chi connectivity index (χ0n) is 28.3. The summed E-state index contributed by atoms with van der Waals surface area (Å²) in [4.78, 5) is 19.8. The maximum Gasteiger partial charge on any atom is 0.334 e. The highest BCUT2D eigenvalue weighted by atomic mass is 16.5. The number of benzene rings is 1. The van der Waals surface area contributed by atoms with E-state index in [-0.39, 0.29) is 42.6 Å². The maximum absolute atomic E-state index is 13.4. The summed E-state index contributed by atoms with van der Waals surface area (Å²) in [7, 11) is 3.67. The lowest BCUT2D eigenvalue weighted by Gasteiger charge is -2.63. The summed E-state index contributed by atoms with van der Waals surface area (Å²) in [6.45, 7) is 3.98. The fourth-order valence-corrected chi connectivity index (χ4v) is 10.9. The molecule has 0 aromatic heterocycles. The minimum absolute atomic E-state index is 0.0199. The van der Waals surface area contributed by atoms with Gasteiger partial charge in [0.2, 0.25) is 0 Å². The summed E-state index contributed by atoms with van der Waals surface area (Å²) in [5.41, 5.74) is 6.24. The Morgan fingerprint density at radius 2 is 2.00 bits per heavy atom. The third-order valence-corrected chi connectivity index (χ3v) is 12.8. The number of carboxylic acid groups (broad SMARTS) is 1. The van der Waals surface area contributed by atoms with Crippen molar-refractivity contribution >= 4 is 11.9 Å². The van der Waals surface area contributed by atoms with Gasteiger partial charge in [-0.25, -0.2) is 4.79 Å². The maximum atomic E-state index is 13.4. The molecule has 47 heavy (non-hydrogen) atoms. The number of carboxylic acids is 1. The van der Waals surface area contributed by atoms with E-state index in [1.807, 2.05) is 24.2 Å². The number of aliphatic hydroxyl groups excluding tert-OH is 1. The van der Waals surface area contributed by atoms with Gasteiger partial charge in [0.25, 0.3) is 0 Å². The van der Waals surface area contributed by atoms with Crippen LogP contribution in [-0.4, -0.2) is 96.8 Å². The Labute approximate surface area is 279 Å². The molecule has 5 aliphatic rings. The van der Waals surface area contributed by atoms with Gasteiger partial charge in [-0.1, -0.05) is 43.3 Å². The van der Waals surface area contributed by atoms with Crippen molar-refractivity contribution in [1.29, 1.82) is 0 Å². The molecule has 1 heterocycles. The zero-order valence-corrected chi connectivity index (χ0v) is 28.3. The van der Waals surface area contributed by atoms with Gasteiger partial charge in [-0.2, -0.15) is 0 Å². The van der Waals surface area contributed by atoms with Crippen LogP contribution in [0.5, 0.6) is 0 Å². The van der Waals surface area contributed by atoms with Crippen molar-refractivity contribution in [1.82, 2.24) is 15.5 Å². The van der Waals surface area contributed by atoms with Crippen LogP contribution in [0.4, 0.5) is 0 Å². The summed E-state index contributed by atoms with van der Waals surface area (Å²) >= 11 is 0. The van der Waals surface area contributed by atoms with Crippen molar-refractivity contribution in [2.45, 2.75) is 76.0 Å². The molecule has 0 amide bonds. The summed E-state index contributed by atoms with van der Waals surface area (Å²) < 4.78 is 6.49. The van der Waals surface area contributed by atoms with Gasteiger partial charge in [0.1, 0.15) is 5.60 Å². The number of guanidine groups is 1. The van der Waals surface area contributed by atoms with E-state index in [4.69, 9.17) is 10.5 Å². The van der Waals surface area contributed by atoms with E-state index in [1.165, 1.54) is 5.56 Å². The van der Waals surface area contributed by atoms with Crippen LogP contribution in [0.1, 0.15) is 57.4 Å². The molecule has 0 radical (unpaired) electrons. The number of nitrogens with zero attached hydrogens (tertiary/aromatic N) is 2. The van der Waals surface area contributed by atoms with Gasteiger partial charge in [-0.15, -0.1) is 0 Å². The van der Waals surface area contributed by atoms with E-state index < -0.39 is 22.4 Å². The number of hydrogen-bond acceptors (Lipinski definition) is 7. The Balaban J connectivity index is 1.47. The van der Waals surface area contributed by atoms with Crippen molar-refractivity contribution in [3.63, 3.8) is 0 Å². The number of aliphatic hydroxyl groups is 2. The number of aliphatic imine (C=N–C) groups is 1. The van der Waals surface area contributed by atoms with Gasteiger partial charge >= 0.3 is 5.97 Å². The molecule has 4 aliphatic carbocycles. The van der Waals surface area contributed by atoms with Crippen LogP contribution in [0.15, 0.2) is 58.7 Å². The summed E-state index contributed by atoms with van der Waals surface area (Å²) in [6.07, 6.45) is 10.9. The minimum Gasteiger partial charge on any atom is -0.478 e. The first kappa shape index (κ1) is 34.1. The van der Waals surface area contributed by atoms with Gasteiger partial charge in [-0.05, 0) is 93.2 Å². The average molecular weight is 650 g/mol. The summed E-state index contributed by atoms with van der Waals surface area (Å²) in [5, 5.41) is 40.1. The van der Waals surface area contributed by atoms with E-state index in [1.54, 1.807) is 7.05 Å². The average Bonchev–Trinajstić information content (AvgIpc) is 3.45. The number of ether oxygens (including phenoxy) is 1. The molecule has 10 nitrogen and oxygen atoms in total. The molecule has 2 spiro atoms. The standard InChI is InChI=1S/C37H55N5O5/c1-24-16-26(17-25-8-5-4-6-9-25)30-19-31-32(33(44)45)35(46,23-47-29-11-7-10-28(18-29)39-2)21-36(24,31)37(30)22-42(34(38)40-3)14-12-27(37)20-41-13-15-43/h4-6,8-9,12,14,24,26-30,39,41,43,46H,7,10-11,13,15-23H2,1-3H3,(H2,38,40)(H,44,45)/t24-,26-,27-,28+,29+,30+,35-,36+,37+/m1/s1. The predicted molar refractivity (Wildman–Crippen MR) is 183 cm³/mol. The second-order valence-corrected chi connectivity index (χ2v) is 14.9. The molecular weight excluding hydrogens is 594 g/mol. The summed E-state index contributed by atoms with van der Waals surface area (Å²) in [5.74, 6) is -0.0297. The highest BCUT2D eigenvalue weighted by molar-refractivity contribution is 5.92. The molecule has 0 saturated heterocycles. The van der Waals surface area contributed by atoms with Crippen LogP contribution in [0.25, 0.3) is 0 Å². The third-order valence-electron chi connectivity index (χ3n) is 12.8. The molecule has 10 heteroatoms. The van der Waals surface area contributed by atoms with Crippen LogP contribution in [0.3, 0.4) is 0 Å². The predicted octanol–water partition coefficient (Wildman–Crippen LogP) is 2.91. The highest BCUT2D eigenvalue weighted by Gasteiger charge is 2.76. The van der Waals surface area contributed by atoms with E-state index in [0.29, 0.717) is 50.4 Å². The number of rotatable bonds is 11. The van der Waals surface area contributed by atoms with Gasteiger partial charge in [0.05, 0.1) is 24.9 Å². The molecule has 2 bridgehead atoms. The number of nitrogens with two attached hydrogens (primary N) is 1. The Hall–Kier alpha value is -2.76. The minimum atomic E-state index is -1.61. The first-order valence-electron chi connectivity index (χ1n) is 17.6. The van der Waals surface area contributed by atoms with Gasteiger partial charge in [0, 0.05) is 49.8 Å². The van der Waals surface area contributed by atoms with Crippen LogP contribution < -0.4 is 16.4 Å². The van der Waals surface area contributed by atoms with Crippen molar-refractivity contribution in [3.05, 3.63) is 59.3 Å². The normalized spacial score (nSPS) is 38.3. The van der Waals surface area contributed by atoms with Crippen LogP contribution in [0, 0.1) is 34.5 Å². The number of hydrogen-bond donors (Lipinski definition) is 6. The lowest BCUT2D eigenvalue weighted by atomic mass is 9.43. The molecule has 1 aliphatic heterocycles. The van der Waals surface area contributed by atoms with Crippen LogP contribution in [-0.2, 0) is 16.0 Å². The quantitative estimate of drug-likeness (QED) is 0.121. The fourth-order valence-electron chi connectivity index (χ4n) is 10.9. The Kier molecular flexibility index (Phi) is 9.89. The smallest absolute Gasteiger partial charge is 0.334 e. The van der Waals surface area contributed by atoms with Crippen molar-refractivity contribution in [3.8, 4) is 0 Å². The molecule has 9 atom stereocenters. The first-order valence-corrected chi connectivity index (χ1v) is 17.6. The monoisotopic (exact) mass is 649 g/mol. The van der Waals surface area contributed by atoms with Crippen LogP contribution in [0.2, 0.25) is 0 Å². The van der Waals surface area contributed by atoms with Crippen molar-refractivity contribution in [2.75, 3.05) is 46.9 Å². The third kappa shape index (κ3) is 5.73. The summed E-state index contributed by atoms with van der Waals surface area (Å²) in [6, 6.07) is 11.0. The SMILES string of the molecule is CN=C(N)N1C=C[C@H](CNCCO)[C@@]2(C1)[C@H]1CC3=C(C(=O)O)[C@](O)(CO[C@H]4CCC[C@H](NC)C4)C[C@]32[C@H](C)C[C@@H]1Cc1ccccc1. The number of allylic oxidation sites excluding steroid dienone is 1. The van der Waals surface area contributed by atoms with Gasteiger partial charge in [-0.3, -0.25) is 4.99 Å². The lowest BCUT2D eigenvalue weighted by Crippen LogP contribution is -2.64. The van der Waals surface area contributed by atoms with E-state index in [2.05, 4.69) is 52.9 Å². The zero-order chi connectivity index (χ0) is 33.4. The van der Waals surface area contributed by atoms with E-state index in [0.717, 1.165) is 44.1 Å². The van der Waals surface area contributed by atoms with Crippen molar-refractivity contribution in [2.24, 2.45) is 45.2 Å². The molecular formula is C37H55N5O5. The molecule has 0 unspecified atom stereocenters. The number of aliphatic carboxylic acids is 1.